The van der Waals surface area contributed by atoms with Crippen molar-refractivity contribution in [2.75, 3.05) is 11.1 Å². The van der Waals surface area contributed by atoms with Gasteiger partial charge in [0.05, 0.1) is 5.75 Å². The highest BCUT2D eigenvalue weighted by Gasteiger charge is 2.20. The van der Waals surface area contributed by atoms with Crippen LogP contribution in [-0.2, 0) is 23.1 Å². The van der Waals surface area contributed by atoms with E-state index in [1.165, 1.54) is 46.0 Å². The van der Waals surface area contributed by atoms with Crippen molar-refractivity contribution >= 4 is 44.9 Å². The summed E-state index contributed by atoms with van der Waals surface area (Å²) in [5.74, 6) is 0.335. The van der Waals surface area contributed by atoms with Gasteiger partial charge in [-0.1, -0.05) is 44.7 Å². The number of aromatic nitrogens is 2. The van der Waals surface area contributed by atoms with Crippen LogP contribution < -0.4 is 5.32 Å². The Morgan fingerprint density at radius 1 is 1.14 bits per heavy atom. The highest BCUT2D eigenvalue weighted by atomic mass is 32.2. The third-order valence-electron chi connectivity index (χ3n) is 5.09. The lowest BCUT2D eigenvalue weighted by Gasteiger charge is -2.19. The van der Waals surface area contributed by atoms with Crippen molar-refractivity contribution in [3.8, 4) is 0 Å². The van der Waals surface area contributed by atoms with Crippen molar-refractivity contribution in [2.24, 2.45) is 0 Å². The van der Waals surface area contributed by atoms with E-state index in [0.29, 0.717) is 5.75 Å². The van der Waals surface area contributed by atoms with E-state index in [9.17, 15) is 4.79 Å². The van der Waals surface area contributed by atoms with Crippen LogP contribution in [-0.4, -0.2) is 21.6 Å². The molecule has 1 aromatic carbocycles. The second-order valence-electron chi connectivity index (χ2n) is 8.23. The molecule has 1 amide bonds. The minimum absolute atomic E-state index is 0.00984. The number of aryl methyl sites for hydroxylation is 2. The van der Waals surface area contributed by atoms with Crippen molar-refractivity contribution in [1.82, 2.24) is 9.97 Å². The predicted octanol–water partition coefficient (Wildman–Crippen LogP) is 5.60. The lowest BCUT2D eigenvalue weighted by Crippen LogP contribution is -2.15. The van der Waals surface area contributed by atoms with Gasteiger partial charge in [0.1, 0.15) is 16.2 Å². The topological polar surface area (TPSA) is 54.9 Å². The highest BCUT2D eigenvalue weighted by Crippen LogP contribution is 2.39. The molecular weight excluding hydrogens is 386 g/mol. The van der Waals surface area contributed by atoms with Crippen LogP contribution in [0.2, 0.25) is 0 Å². The van der Waals surface area contributed by atoms with Gasteiger partial charge in [0.25, 0.3) is 0 Å². The monoisotopic (exact) mass is 411 g/mol. The Hall–Kier alpha value is -1.92. The minimum Gasteiger partial charge on any atom is -0.325 e. The van der Waals surface area contributed by atoms with Gasteiger partial charge in [0, 0.05) is 16.0 Å². The molecule has 0 atom stereocenters. The van der Waals surface area contributed by atoms with E-state index in [1.807, 2.05) is 12.1 Å². The molecule has 0 radical (unpaired) electrons. The van der Waals surface area contributed by atoms with Crippen LogP contribution in [0.3, 0.4) is 0 Å². The lowest BCUT2D eigenvalue weighted by molar-refractivity contribution is -0.113. The molecule has 0 fully saturated rings. The maximum atomic E-state index is 12.5. The molecule has 6 heteroatoms. The Kier molecular flexibility index (Phi) is 5.43. The average molecular weight is 412 g/mol. The second-order valence-corrected chi connectivity index (χ2v) is 10.3. The molecule has 4 rings (SSSR count). The first-order valence-corrected chi connectivity index (χ1v) is 11.5. The van der Waals surface area contributed by atoms with Crippen LogP contribution in [0, 0.1) is 0 Å². The fourth-order valence-corrected chi connectivity index (χ4v) is 5.67. The van der Waals surface area contributed by atoms with Gasteiger partial charge < -0.3 is 5.32 Å². The molecule has 4 nitrogen and oxygen atoms in total. The molecule has 0 aliphatic heterocycles. The summed E-state index contributed by atoms with van der Waals surface area (Å²) in [5.41, 5.74) is 3.61. The number of thioether (sulfide) groups is 1. The summed E-state index contributed by atoms with van der Waals surface area (Å²) in [5, 5.41) is 5.10. The van der Waals surface area contributed by atoms with Gasteiger partial charge in [-0.25, -0.2) is 9.97 Å². The van der Waals surface area contributed by atoms with Crippen molar-refractivity contribution in [3.05, 3.63) is 46.6 Å². The van der Waals surface area contributed by atoms with E-state index in [4.69, 9.17) is 0 Å². The van der Waals surface area contributed by atoms with Crippen LogP contribution in [0.5, 0.6) is 0 Å². The number of nitrogens with one attached hydrogen (secondary N) is 1. The molecule has 2 heterocycles. The molecular formula is C22H25N3OS2. The number of anilines is 1. The Balaban J connectivity index is 1.44. The van der Waals surface area contributed by atoms with Crippen molar-refractivity contribution < 1.29 is 4.79 Å². The SMILES string of the molecule is CC(C)(C)c1ccc(NC(=O)CSc2ncnc3sc4c(c23)CCCC4)cc1. The Bertz CT molecular complexity index is 1000. The zero-order valence-electron chi connectivity index (χ0n) is 16.5. The summed E-state index contributed by atoms with van der Waals surface area (Å²) in [4.78, 5) is 23.9. The number of fused-ring (bicyclic) bond motifs is 3. The fraction of sp³-hybridized carbons (Fsp3) is 0.409. The molecule has 2 aromatic heterocycles. The summed E-state index contributed by atoms with van der Waals surface area (Å²) < 4.78 is 0. The van der Waals surface area contributed by atoms with Gasteiger partial charge in [0.15, 0.2) is 0 Å². The standard InChI is InChI=1S/C22H25N3OS2/c1-22(2,3)14-8-10-15(11-9-14)25-18(26)12-27-20-19-16-6-4-5-7-17(16)28-21(19)24-13-23-20/h8-11,13H,4-7,12H2,1-3H3,(H,25,26). The van der Waals surface area contributed by atoms with Crippen molar-refractivity contribution in [3.63, 3.8) is 0 Å². The normalized spacial score (nSPS) is 14.1. The molecule has 0 saturated carbocycles. The van der Waals surface area contributed by atoms with Crippen LogP contribution in [0.1, 0.15) is 49.6 Å². The first-order valence-electron chi connectivity index (χ1n) is 9.70. The number of benzene rings is 1. The highest BCUT2D eigenvalue weighted by molar-refractivity contribution is 8.00. The van der Waals surface area contributed by atoms with Gasteiger partial charge in [-0.15, -0.1) is 11.3 Å². The summed E-state index contributed by atoms with van der Waals surface area (Å²) >= 11 is 3.29. The van der Waals surface area contributed by atoms with Crippen molar-refractivity contribution in [1.29, 1.82) is 0 Å². The Morgan fingerprint density at radius 2 is 1.89 bits per heavy atom. The summed E-state index contributed by atoms with van der Waals surface area (Å²) in [6.07, 6.45) is 6.35. The first-order chi connectivity index (χ1) is 13.4. The smallest absolute Gasteiger partial charge is 0.234 e. The number of amides is 1. The van der Waals surface area contributed by atoms with Crippen molar-refractivity contribution in [2.45, 2.75) is 56.9 Å². The minimum atomic E-state index is -0.00984. The second kappa shape index (κ2) is 7.84. The molecule has 1 aliphatic rings. The maximum absolute atomic E-state index is 12.5. The van der Waals surface area contributed by atoms with E-state index < -0.39 is 0 Å². The Morgan fingerprint density at radius 3 is 2.64 bits per heavy atom. The van der Waals surface area contributed by atoms with Crippen LogP contribution in [0.4, 0.5) is 5.69 Å². The number of carbonyl (C=O) groups excluding carboxylic acids is 1. The van der Waals surface area contributed by atoms with E-state index >= 15 is 0 Å². The van der Waals surface area contributed by atoms with Gasteiger partial charge in [0.2, 0.25) is 5.91 Å². The predicted molar refractivity (Wildman–Crippen MR) is 119 cm³/mol. The summed E-state index contributed by atoms with van der Waals surface area (Å²) in [7, 11) is 0. The van der Waals surface area contributed by atoms with Crippen LogP contribution >= 0.6 is 23.1 Å². The number of hydrogen-bond donors (Lipinski definition) is 1. The number of rotatable bonds is 4. The average Bonchev–Trinajstić information content (AvgIpc) is 3.05. The molecule has 3 aromatic rings. The molecule has 28 heavy (non-hydrogen) atoms. The summed E-state index contributed by atoms with van der Waals surface area (Å²) in [6, 6.07) is 8.10. The van der Waals surface area contributed by atoms with E-state index in [-0.39, 0.29) is 11.3 Å². The molecule has 146 valence electrons. The molecule has 0 bridgehead atoms. The van der Waals surface area contributed by atoms with E-state index in [2.05, 4.69) is 48.2 Å². The number of carbonyl (C=O) groups is 1. The number of thiophene rings is 1. The fourth-order valence-electron chi connectivity index (χ4n) is 3.56. The molecule has 0 unspecified atom stereocenters. The Labute approximate surface area is 174 Å². The van der Waals surface area contributed by atoms with E-state index in [1.54, 1.807) is 17.7 Å². The number of hydrogen-bond acceptors (Lipinski definition) is 5. The van der Waals surface area contributed by atoms with E-state index in [0.717, 1.165) is 28.4 Å². The maximum Gasteiger partial charge on any atom is 0.234 e. The number of nitrogens with zero attached hydrogens (tertiary/aromatic N) is 2. The van der Waals surface area contributed by atoms with Gasteiger partial charge in [-0.3, -0.25) is 4.79 Å². The summed E-state index contributed by atoms with van der Waals surface area (Å²) in [6.45, 7) is 6.55. The lowest BCUT2D eigenvalue weighted by atomic mass is 9.87. The van der Waals surface area contributed by atoms with Crippen LogP contribution in [0.25, 0.3) is 10.2 Å². The zero-order valence-corrected chi connectivity index (χ0v) is 18.2. The van der Waals surface area contributed by atoms with Gasteiger partial charge in [-0.2, -0.15) is 0 Å². The van der Waals surface area contributed by atoms with Gasteiger partial charge >= 0.3 is 0 Å². The van der Waals surface area contributed by atoms with Crippen LogP contribution in [0.15, 0.2) is 35.6 Å². The molecule has 1 aliphatic carbocycles. The largest absolute Gasteiger partial charge is 0.325 e. The quantitative estimate of drug-likeness (QED) is 0.448. The van der Waals surface area contributed by atoms with Gasteiger partial charge in [-0.05, 0) is 54.4 Å². The molecule has 0 spiro atoms. The molecule has 1 N–H and O–H groups in total. The molecule has 0 saturated heterocycles. The third-order valence-corrected chi connectivity index (χ3v) is 7.28. The third kappa shape index (κ3) is 4.08. The first kappa shape index (κ1) is 19.4. The zero-order chi connectivity index (χ0) is 19.7.